The smallest absolute Gasteiger partial charge is 0.344 e. The Kier molecular flexibility index (Phi) is 6.30. The van der Waals surface area contributed by atoms with Crippen LogP contribution in [0.3, 0.4) is 0 Å². The van der Waals surface area contributed by atoms with Crippen molar-refractivity contribution in [1.82, 2.24) is 0 Å². The fourth-order valence-corrected chi connectivity index (χ4v) is 3.00. The number of hydrogen-bond donors (Lipinski definition) is 1. The van der Waals surface area contributed by atoms with Gasteiger partial charge >= 0.3 is 5.97 Å². The zero-order valence-corrected chi connectivity index (χ0v) is 17.9. The largest absolute Gasteiger partial charge is 0.512 e. The molecule has 1 aliphatic heterocycles. The van der Waals surface area contributed by atoms with Crippen LogP contribution in [0.25, 0.3) is 6.08 Å². The summed E-state index contributed by atoms with van der Waals surface area (Å²) in [6, 6.07) is 16.5. The van der Waals surface area contributed by atoms with Crippen molar-refractivity contribution < 1.29 is 19.4 Å². The number of ether oxygens (including phenoxy) is 1. The van der Waals surface area contributed by atoms with Gasteiger partial charge in [0.1, 0.15) is 16.9 Å². The van der Waals surface area contributed by atoms with E-state index in [9.17, 15) is 14.7 Å². The molecule has 0 atom stereocenters. The highest BCUT2D eigenvalue weighted by atomic mass is 16.6. The Morgan fingerprint density at radius 1 is 1.00 bits per heavy atom. The Balaban J connectivity index is 1.99. The molecule has 0 unspecified atom stereocenters. The lowest BCUT2D eigenvalue weighted by molar-refractivity contribution is -0.149. The Morgan fingerprint density at radius 2 is 1.61 bits per heavy atom. The summed E-state index contributed by atoms with van der Waals surface area (Å²) < 4.78 is 5.44. The van der Waals surface area contributed by atoms with E-state index in [0.29, 0.717) is 11.1 Å². The molecule has 6 heteroatoms. The SMILES string of the molecule is CC(O)=C(C(=O)OC(C)(C)C)C1=NC(=NC(=O)/C=C/c2ccccc2)c2ccccc21. The van der Waals surface area contributed by atoms with Crippen molar-refractivity contribution in [3.63, 3.8) is 0 Å². The Labute approximate surface area is 181 Å². The van der Waals surface area contributed by atoms with Crippen LogP contribution in [0.15, 0.2) is 82.0 Å². The number of allylic oxidation sites excluding steroid dienone is 1. The number of aliphatic hydroxyl groups excluding tert-OH is 1. The maximum atomic E-state index is 12.7. The molecule has 0 radical (unpaired) electrons. The summed E-state index contributed by atoms with van der Waals surface area (Å²) in [6.07, 6.45) is 3.03. The second-order valence-electron chi connectivity index (χ2n) is 7.99. The summed E-state index contributed by atoms with van der Waals surface area (Å²) in [5.74, 6) is -1.23. The molecule has 0 aliphatic carbocycles. The average molecular weight is 416 g/mol. The van der Waals surface area contributed by atoms with Gasteiger partial charge in [-0.15, -0.1) is 0 Å². The van der Waals surface area contributed by atoms with Crippen molar-refractivity contribution in [3.05, 3.63) is 88.7 Å². The van der Waals surface area contributed by atoms with Crippen LogP contribution in [0, 0.1) is 0 Å². The van der Waals surface area contributed by atoms with E-state index >= 15 is 0 Å². The highest BCUT2D eigenvalue weighted by molar-refractivity contribution is 6.36. The van der Waals surface area contributed by atoms with E-state index in [1.165, 1.54) is 13.0 Å². The molecule has 0 fully saturated rings. The molecule has 3 rings (SSSR count). The van der Waals surface area contributed by atoms with E-state index in [0.717, 1.165) is 5.56 Å². The fraction of sp³-hybridized carbons (Fsp3) is 0.200. The van der Waals surface area contributed by atoms with Gasteiger partial charge in [-0.1, -0.05) is 54.6 Å². The maximum Gasteiger partial charge on any atom is 0.344 e. The van der Waals surface area contributed by atoms with Gasteiger partial charge < -0.3 is 9.84 Å². The molecule has 1 amide bonds. The lowest BCUT2D eigenvalue weighted by Crippen LogP contribution is -2.28. The van der Waals surface area contributed by atoms with Crippen molar-refractivity contribution in [1.29, 1.82) is 0 Å². The summed E-state index contributed by atoms with van der Waals surface area (Å²) in [5.41, 5.74) is 1.49. The van der Waals surface area contributed by atoms with Crippen LogP contribution in [-0.2, 0) is 14.3 Å². The molecule has 2 aromatic carbocycles. The lowest BCUT2D eigenvalue weighted by atomic mass is 9.99. The van der Waals surface area contributed by atoms with Crippen molar-refractivity contribution in [2.45, 2.75) is 33.3 Å². The molecular weight excluding hydrogens is 392 g/mol. The van der Waals surface area contributed by atoms with Crippen LogP contribution in [0.4, 0.5) is 0 Å². The van der Waals surface area contributed by atoms with Gasteiger partial charge in [0.05, 0.1) is 5.71 Å². The third-order valence-corrected chi connectivity index (χ3v) is 4.28. The van der Waals surface area contributed by atoms with Crippen LogP contribution in [0.2, 0.25) is 0 Å². The Hall–Kier alpha value is -3.80. The number of aliphatic hydroxyl groups is 1. The summed E-state index contributed by atoms with van der Waals surface area (Å²) in [5, 5.41) is 10.2. The standard InChI is InChI=1S/C25H24N2O4/c1-16(28)21(24(30)31-25(2,3)4)22-18-12-8-9-13-19(18)23(27-22)26-20(29)15-14-17-10-6-5-7-11-17/h5-15,28H,1-4H3/b15-14+,21-16?,26-23?. The zero-order chi connectivity index (χ0) is 22.6. The number of amides is 1. The molecule has 0 saturated carbocycles. The quantitative estimate of drug-likeness (QED) is 0.446. The second kappa shape index (κ2) is 8.92. The fourth-order valence-electron chi connectivity index (χ4n) is 3.00. The van der Waals surface area contributed by atoms with Crippen LogP contribution >= 0.6 is 0 Å². The summed E-state index contributed by atoms with van der Waals surface area (Å²) in [7, 11) is 0. The van der Waals surface area contributed by atoms with Gasteiger partial charge in [0.15, 0.2) is 5.84 Å². The average Bonchev–Trinajstić information content (AvgIpc) is 3.04. The lowest BCUT2D eigenvalue weighted by Gasteiger charge is -2.21. The van der Waals surface area contributed by atoms with Crippen LogP contribution < -0.4 is 0 Å². The van der Waals surface area contributed by atoms with Crippen LogP contribution in [0.5, 0.6) is 0 Å². The molecule has 1 N–H and O–H groups in total. The van der Waals surface area contributed by atoms with Crippen molar-refractivity contribution >= 4 is 29.5 Å². The van der Waals surface area contributed by atoms with E-state index in [2.05, 4.69) is 9.98 Å². The van der Waals surface area contributed by atoms with Crippen LogP contribution in [-0.4, -0.2) is 34.1 Å². The molecular formula is C25H24N2O4. The minimum Gasteiger partial charge on any atom is -0.512 e. The number of amidine groups is 1. The molecule has 0 aromatic heterocycles. The predicted octanol–water partition coefficient (Wildman–Crippen LogP) is 4.65. The number of carbonyl (C=O) groups excluding carboxylic acids is 2. The number of carbonyl (C=O) groups is 2. The maximum absolute atomic E-state index is 12.7. The van der Waals surface area contributed by atoms with Gasteiger partial charge in [-0.3, -0.25) is 4.79 Å². The molecule has 1 heterocycles. The van der Waals surface area contributed by atoms with E-state index in [4.69, 9.17) is 4.74 Å². The number of aliphatic imine (C=N–C) groups is 2. The molecule has 1 aliphatic rings. The zero-order valence-electron chi connectivity index (χ0n) is 17.9. The van der Waals surface area contributed by atoms with Crippen LogP contribution in [0.1, 0.15) is 44.4 Å². The number of fused-ring (bicyclic) bond motifs is 1. The van der Waals surface area contributed by atoms with Gasteiger partial charge in [-0.25, -0.2) is 9.79 Å². The normalized spacial score (nSPS) is 15.5. The van der Waals surface area contributed by atoms with Crippen molar-refractivity contribution in [2.24, 2.45) is 9.98 Å². The first-order valence-corrected chi connectivity index (χ1v) is 9.83. The number of esters is 1. The van der Waals surface area contributed by atoms with E-state index in [1.54, 1.807) is 51.1 Å². The first-order valence-electron chi connectivity index (χ1n) is 9.83. The van der Waals surface area contributed by atoms with Gasteiger partial charge in [0, 0.05) is 17.2 Å². The van der Waals surface area contributed by atoms with E-state index in [-0.39, 0.29) is 22.9 Å². The first kappa shape index (κ1) is 21.9. The molecule has 0 bridgehead atoms. The minimum absolute atomic E-state index is 0.0557. The van der Waals surface area contributed by atoms with Crippen molar-refractivity contribution in [2.75, 3.05) is 0 Å². The third-order valence-electron chi connectivity index (χ3n) is 4.28. The number of rotatable bonds is 4. The van der Waals surface area contributed by atoms with Crippen molar-refractivity contribution in [3.8, 4) is 0 Å². The summed E-state index contributed by atoms with van der Waals surface area (Å²) in [4.78, 5) is 33.7. The van der Waals surface area contributed by atoms with E-state index in [1.807, 2.05) is 30.3 Å². The molecule has 158 valence electrons. The number of hydrogen-bond acceptors (Lipinski definition) is 4. The van der Waals surface area contributed by atoms with Gasteiger partial charge in [0.2, 0.25) is 0 Å². The topological polar surface area (TPSA) is 88.3 Å². The highest BCUT2D eigenvalue weighted by Crippen LogP contribution is 2.26. The Morgan fingerprint density at radius 3 is 2.23 bits per heavy atom. The Bertz CT molecular complexity index is 1130. The third kappa shape index (κ3) is 5.42. The van der Waals surface area contributed by atoms with Gasteiger partial charge in [-0.2, -0.15) is 4.99 Å². The van der Waals surface area contributed by atoms with E-state index < -0.39 is 17.5 Å². The highest BCUT2D eigenvalue weighted by Gasteiger charge is 2.32. The molecule has 0 spiro atoms. The van der Waals surface area contributed by atoms with Gasteiger partial charge in [-0.05, 0) is 39.3 Å². The molecule has 0 saturated heterocycles. The predicted molar refractivity (Wildman–Crippen MR) is 121 cm³/mol. The molecule has 31 heavy (non-hydrogen) atoms. The first-order chi connectivity index (χ1) is 14.7. The number of benzene rings is 2. The molecule has 2 aromatic rings. The summed E-state index contributed by atoms with van der Waals surface area (Å²) >= 11 is 0. The monoisotopic (exact) mass is 416 g/mol. The second-order valence-corrected chi connectivity index (χ2v) is 7.99. The summed E-state index contributed by atoms with van der Waals surface area (Å²) in [6.45, 7) is 6.62. The molecule has 6 nitrogen and oxygen atoms in total. The number of nitrogens with zero attached hydrogens (tertiary/aromatic N) is 2. The minimum atomic E-state index is -0.744. The van der Waals surface area contributed by atoms with Gasteiger partial charge in [0.25, 0.3) is 5.91 Å².